The van der Waals surface area contributed by atoms with Crippen LogP contribution in [0.3, 0.4) is 0 Å². The molecule has 1 aliphatic rings. The van der Waals surface area contributed by atoms with Crippen LogP contribution >= 0.6 is 0 Å². The van der Waals surface area contributed by atoms with Crippen LogP contribution in [-0.2, 0) is 20.3 Å². The molecule has 0 bridgehead atoms. The lowest BCUT2D eigenvalue weighted by Crippen LogP contribution is -2.41. The molecule has 0 spiro atoms. The number of carboxylic acid groups (broad SMARTS) is 1. The highest BCUT2D eigenvalue weighted by atomic mass is 32.2. The number of aliphatic carboxylic acids is 1. The van der Waals surface area contributed by atoms with Crippen LogP contribution in [0.4, 0.5) is 5.69 Å². The van der Waals surface area contributed by atoms with Crippen LogP contribution in [0, 0.1) is 0 Å². The maximum absolute atomic E-state index is 10.9. The van der Waals surface area contributed by atoms with Crippen LogP contribution in [0.25, 0.3) is 0 Å². The van der Waals surface area contributed by atoms with E-state index in [0.29, 0.717) is 25.8 Å². The zero-order valence-electron chi connectivity index (χ0n) is 14.8. The molecule has 1 aromatic carbocycles. The van der Waals surface area contributed by atoms with E-state index in [1.807, 2.05) is 12.1 Å². The molecular weight excluding hydrogens is 342 g/mol. The number of anilines is 1. The Bertz CT molecular complexity index is 718. The molecule has 1 heterocycles. The van der Waals surface area contributed by atoms with Gasteiger partial charge in [0, 0.05) is 30.1 Å². The summed E-state index contributed by atoms with van der Waals surface area (Å²) in [4.78, 5) is 13.1. The standard InChI is InChI=1S/C18H27NO5S/c1-14-18(2,11-7-10-17(20)21)15-8-3-4-9-16(15)19(14)12-5-6-13-25(22,23)24/h3-4,8-9,14H,5-7,10-13H2,1-2H3,(H,20,21)(H,22,23,24). The molecule has 6 nitrogen and oxygen atoms in total. The Morgan fingerprint density at radius 3 is 2.56 bits per heavy atom. The number of carbonyl (C=O) groups is 1. The van der Waals surface area contributed by atoms with Crippen molar-refractivity contribution in [1.82, 2.24) is 0 Å². The van der Waals surface area contributed by atoms with Gasteiger partial charge >= 0.3 is 5.97 Å². The highest BCUT2D eigenvalue weighted by Gasteiger charge is 2.44. The molecule has 0 radical (unpaired) electrons. The molecule has 1 aliphatic heterocycles. The molecule has 0 aromatic heterocycles. The first kappa shape index (κ1) is 19.7. The summed E-state index contributed by atoms with van der Waals surface area (Å²) >= 11 is 0. The van der Waals surface area contributed by atoms with Gasteiger partial charge < -0.3 is 10.0 Å². The fraction of sp³-hybridized carbons (Fsp3) is 0.611. The molecule has 2 unspecified atom stereocenters. The SMILES string of the molecule is CC1N(CCCCS(=O)(=O)O)c2ccccc2C1(C)CCCC(=O)O. The fourth-order valence-electron chi connectivity index (χ4n) is 3.82. The Balaban J connectivity index is 2.10. The first-order chi connectivity index (χ1) is 11.6. The summed E-state index contributed by atoms with van der Waals surface area (Å²) in [7, 11) is -3.91. The maximum atomic E-state index is 10.9. The van der Waals surface area contributed by atoms with E-state index in [0.717, 1.165) is 12.1 Å². The first-order valence-corrected chi connectivity index (χ1v) is 10.3. The van der Waals surface area contributed by atoms with Crippen molar-refractivity contribution in [2.45, 2.75) is 57.4 Å². The predicted molar refractivity (Wildman–Crippen MR) is 97.7 cm³/mol. The molecule has 0 amide bonds. The lowest BCUT2D eigenvalue weighted by Gasteiger charge is -2.34. The molecule has 140 valence electrons. The molecule has 2 rings (SSSR count). The van der Waals surface area contributed by atoms with Gasteiger partial charge in [0.15, 0.2) is 0 Å². The molecule has 0 saturated carbocycles. The molecule has 0 saturated heterocycles. The molecule has 0 fully saturated rings. The van der Waals surface area contributed by atoms with Gasteiger partial charge in [-0.3, -0.25) is 9.35 Å². The topological polar surface area (TPSA) is 94.9 Å². The van der Waals surface area contributed by atoms with Gasteiger partial charge in [-0.2, -0.15) is 8.42 Å². The van der Waals surface area contributed by atoms with Crippen LogP contribution in [0.5, 0.6) is 0 Å². The maximum Gasteiger partial charge on any atom is 0.303 e. The van der Waals surface area contributed by atoms with Gasteiger partial charge in [0.05, 0.1) is 5.75 Å². The third kappa shape index (κ3) is 4.73. The second kappa shape index (κ2) is 7.74. The van der Waals surface area contributed by atoms with E-state index in [2.05, 4.69) is 30.9 Å². The van der Waals surface area contributed by atoms with E-state index in [1.54, 1.807) is 0 Å². The van der Waals surface area contributed by atoms with Gasteiger partial charge in [-0.1, -0.05) is 25.1 Å². The minimum Gasteiger partial charge on any atom is -0.481 e. The Morgan fingerprint density at radius 1 is 1.24 bits per heavy atom. The van der Waals surface area contributed by atoms with E-state index in [1.165, 1.54) is 5.56 Å². The number of benzene rings is 1. The van der Waals surface area contributed by atoms with Crippen LogP contribution in [0.15, 0.2) is 24.3 Å². The smallest absolute Gasteiger partial charge is 0.303 e. The number of hydrogen-bond donors (Lipinski definition) is 2. The minimum absolute atomic E-state index is 0.130. The number of hydrogen-bond acceptors (Lipinski definition) is 4. The fourth-order valence-corrected chi connectivity index (χ4v) is 4.38. The second-order valence-corrected chi connectivity index (χ2v) is 8.62. The van der Waals surface area contributed by atoms with Crippen molar-refractivity contribution in [3.8, 4) is 0 Å². The number of fused-ring (bicyclic) bond motifs is 1. The highest BCUT2D eigenvalue weighted by molar-refractivity contribution is 7.85. The molecule has 2 atom stereocenters. The quantitative estimate of drug-likeness (QED) is 0.513. The van der Waals surface area contributed by atoms with Crippen LogP contribution in [0.2, 0.25) is 0 Å². The number of nitrogens with zero attached hydrogens (tertiary/aromatic N) is 1. The van der Waals surface area contributed by atoms with Gasteiger partial charge in [-0.25, -0.2) is 0 Å². The van der Waals surface area contributed by atoms with E-state index in [-0.39, 0.29) is 23.6 Å². The van der Waals surface area contributed by atoms with Crippen molar-refractivity contribution in [1.29, 1.82) is 0 Å². The van der Waals surface area contributed by atoms with E-state index in [4.69, 9.17) is 9.66 Å². The Kier molecular flexibility index (Phi) is 6.11. The third-order valence-corrected chi connectivity index (χ3v) is 6.16. The van der Waals surface area contributed by atoms with Crippen LogP contribution < -0.4 is 4.90 Å². The summed E-state index contributed by atoms with van der Waals surface area (Å²) in [5.41, 5.74) is 2.23. The van der Waals surface area contributed by atoms with Gasteiger partial charge in [0.25, 0.3) is 10.1 Å². The van der Waals surface area contributed by atoms with E-state index in [9.17, 15) is 13.2 Å². The predicted octanol–water partition coefficient (Wildman–Crippen LogP) is 3.08. The minimum atomic E-state index is -3.91. The van der Waals surface area contributed by atoms with E-state index < -0.39 is 16.1 Å². The number of unbranched alkanes of at least 4 members (excludes halogenated alkanes) is 1. The van der Waals surface area contributed by atoms with Gasteiger partial charge in [0.1, 0.15) is 0 Å². The number of rotatable bonds is 9. The van der Waals surface area contributed by atoms with E-state index >= 15 is 0 Å². The van der Waals surface area contributed by atoms with Gasteiger partial charge in [-0.05, 0) is 44.2 Å². The van der Waals surface area contributed by atoms with Crippen molar-refractivity contribution in [2.75, 3.05) is 17.2 Å². The summed E-state index contributed by atoms with van der Waals surface area (Å²) in [6.07, 6.45) is 2.67. The summed E-state index contributed by atoms with van der Waals surface area (Å²) in [6.45, 7) is 5.03. The lowest BCUT2D eigenvalue weighted by molar-refractivity contribution is -0.137. The second-order valence-electron chi connectivity index (χ2n) is 7.04. The zero-order valence-corrected chi connectivity index (χ0v) is 15.6. The molecule has 1 aromatic rings. The number of carboxylic acids is 1. The lowest BCUT2D eigenvalue weighted by atomic mass is 9.75. The van der Waals surface area contributed by atoms with Crippen LogP contribution in [-0.4, -0.2) is 42.4 Å². The summed E-state index contributed by atoms with van der Waals surface area (Å²) in [5, 5.41) is 8.91. The van der Waals surface area contributed by atoms with Crippen molar-refractivity contribution < 1.29 is 22.9 Å². The van der Waals surface area contributed by atoms with Crippen molar-refractivity contribution >= 4 is 21.8 Å². The first-order valence-electron chi connectivity index (χ1n) is 8.68. The van der Waals surface area contributed by atoms with Crippen molar-refractivity contribution in [2.24, 2.45) is 0 Å². The summed E-state index contributed by atoms with van der Waals surface area (Å²) < 4.78 is 30.6. The molecular formula is C18H27NO5S. The van der Waals surface area contributed by atoms with Crippen molar-refractivity contribution in [3.63, 3.8) is 0 Å². The summed E-state index contributed by atoms with van der Waals surface area (Å²) in [5.74, 6) is -0.989. The van der Waals surface area contributed by atoms with Gasteiger partial charge in [0.2, 0.25) is 0 Å². The van der Waals surface area contributed by atoms with Crippen LogP contribution in [0.1, 0.15) is 51.5 Å². The molecule has 2 N–H and O–H groups in total. The van der Waals surface area contributed by atoms with Crippen molar-refractivity contribution in [3.05, 3.63) is 29.8 Å². The number of para-hydroxylation sites is 1. The molecule has 25 heavy (non-hydrogen) atoms. The van der Waals surface area contributed by atoms with Gasteiger partial charge in [-0.15, -0.1) is 0 Å². The normalized spacial score (nSPS) is 22.8. The monoisotopic (exact) mass is 369 g/mol. The Labute approximate surface area is 149 Å². The molecule has 7 heteroatoms. The zero-order chi connectivity index (χ0) is 18.7. The molecule has 0 aliphatic carbocycles. The Hall–Kier alpha value is -1.60. The Morgan fingerprint density at radius 2 is 1.92 bits per heavy atom. The summed E-state index contributed by atoms with van der Waals surface area (Å²) in [6, 6.07) is 8.36. The average Bonchev–Trinajstić information content (AvgIpc) is 2.72. The average molecular weight is 369 g/mol. The largest absolute Gasteiger partial charge is 0.481 e. The highest BCUT2D eigenvalue weighted by Crippen LogP contribution is 2.47. The third-order valence-electron chi connectivity index (χ3n) is 5.36.